The van der Waals surface area contributed by atoms with Gasteiger partial charge in [-0.15, -0.1) is 0 Å². The minimum absolute atomic E-state index is 0.0335. The number of rotatable bonds is 6. The molecular formula is C18H16N4O6. The van der Waals surface area contributed by atoms with Crippen molar-refractivity contribution < 1.29 is 14.6 Å². The third kappa shape index (κ3) is 3.80. The first-order chi connectivity index (χ1) is 13.3. The van der Waals surface area contributed by atoms with Gasteiger partial charge in [-0.1, -0.05) is 0 Å². The lowest BCUT2D eigenvalue weighted by molar-refractivity contribution is -0.385. The van der Waals surface area contributed by atoms with Crippen LogP contribution in [-0.4, -0.2) is 25.5 Å². The van der Waals surface area contributed by atoms with Gasteiger partial charge in [0.2, 0.25) is 0 Å². The zero-order chi connectivity index (χ0) is 20.4. The number of aromatic nitrogens is 2. The number of hydrogen-bond acceptors (Lipinski definition) is 7. The summed E-state index contributed by atoms with van der Waals surface area (Å²) in [7, 11) is 0. The van der Waals surface area contributed by atoms with Crippen LogP contribution in [0.2, 0.25) is 0 Å². The van der Waals surface area contributed by atoms with E-state index in [9.17, 15) is 25.0 Å². The smallest absolute Gasteiger partial charge is 0.270 e. The Balaban J connectivity index is 2.10. The topological polar surface area (TPSA) is 130 Å². The van der Waals surface area contributed by atoms with Gasteiger partial charge in [-0.25, -0.2) is 4.98 Å². The van der Waals surface area contributed by atoms with E-state index in [0.29, 0.717) is 16.8 Å². The Labute approximate surface area is 158 Å². The molecule has 1 heterocycles. The summed E-state index contributed by atoms with van der Waals surface area (Å²) >= 11 is 0. The van der Waals surface area contributed by atoms with Crippen LogP contribution >= 0.6 is 0 Å². The number of nitro groups is 2. The van der Waals surface area contributed by atoms with Crippen LogP contribution in [0.15, 0.2) is 47.5 Å². The molecule has 0 bridgehead atoms. The summed E-state index contributed by atoms with van der Waals surface area (Å²) in [5.74, 6) is 0.409. The second-order valence-corrected chi connectivity index (χ2v) is 6.35. The third-order valence-electron chi connectivity index (χ3n) is 3.98. The molecule has 0 aliphatic carbocycles. The van der Waals surface area contributed by atoms with Crippen LogP contribution in [0.3, 0.4) is 0 Å². The number of benzene rings is 2. The maximum absolute atomic E-state index is 12.8. The lowest BCUT2D eigenvalue weighted by Crippen LogP contribution is -2.22. The van der Waals surface area contributed by atoms with Crippen LogP contribution in [-0.2, 0) is 6.54 Å². The number of hydrogen-bond donors (Lipinski definition) is 0. The Hall–Kier alpha value is -3.82. The number of fused-ring (bicyclic) bond motifs is 1. The highest BCUT2D eigenvalue weighted by Crippen LogP contribution is 2.26. The normalized spacial score (nSPS) is 11.0. The minimum Gasteiger partial charge on any atom is -0.491 e. The highest BCUT2D eigenvalue weighted by Gasteiger charge is 2.16. The summed E-state index contributed by atoms with van der Waals surface area (Å²) in [5, 5.41) is 22.2. The van der Waals surface area contributed by atoms with Crippen LogP contribution in [0.1, 0.15) is 19.4 Å². The van der Waals surface area contributed by atoms with Gasteiger partial charge in [-0.05, 0) is 26.0 Å². The summed E-state index contributed by atoms with van der Waals surface area (Å²) in [6, 6.07) is 7.99. The van der Waals surface area contributed by atoms with Crippen LogP contribution in [0.4, 0.5) is 11.4 Å². The fraction of sp³-hybridized carbons (Fsp3) is 0.222. The van der Waals surface area contributed by atoms with E-state index in [2.05, 4.69) is 4.98 Å². The van der Waals surface area contributed by atoms with E-state index in [1.54, 1.807) is 0 Å². The van der Waals surface area contributed by atoms with Crippen molar-refractivity contribution in [2.45, 2.75) is 26.5 Å². The second-order valence-electron chi connectivity index (χ2n) is 6.35. The zero-order valence-corrected chi connectivity index (χ0v) is 15.1. The molecule has 0 spiro atoms. The van der Waals surface area contributed by atoms with Crippen molar-refractivity contribution in [1.82, 2.24) is 9.55 Å². The standard InChI is InChI=1S/C18H16N4O6/c1-11(2)28-17-6-4-13(21(24)25)7-12(17)9-20-10-19-16-5-3-14(22(26)27)8-15(16)18(20)23/h3-8,10-11H,9H2,1-2H3. The van der Waals surface area contributed by atoms with Crippen LogP contribution < -0.4 is 10.3 Å². The number of ether oxygens (including phenoxy) is 1. The molecule has 0 aliphatic heterocycles. The van der Waals surface area contributed by atoms with E-state index < -0.39 is 15.4 Å². The molecule has 0 fully saturated rings. The van der Waals surface area contributed by atoms with Crippen LogP contribution in [0.5, 0.6) is 5.75 Å². The predicted octanol–water partition coefficient (Wildman–Crippen LogP) is 3.05. The molecule has 0 saturated heterocycles. The van der Waals surface area contributed by atoms with Gasteiger partial charge >= 0.3 is 0 Å². The molecule has 10 nitrogen and oxygen atoms in total. The van der Waals surface area contributed by atoms with Gasteiger partial charge < -0.3 is 4.74 Å². The maximum Gasteiger partial charge on any atom is 0.270 e. The van der Waals surface area contributed by atoms with Crippen molar-refractivity contribution in [3.05, 3.63) is 78.9 Å². The Morgan fingerprint density at radius 1 is 1.07 bits per heavy atom. The van der Waals surface area contributed by atoms with Gasteiger partial charge in [-0.2, -0.15) is 0 Å². The number of nitro benzene ring substituents is 2. The molecular weight excluding hydrogens is 368 g/mol. The van der Waals surface area contributed by atoms with Crippen molar-refractivity contribution in [3.8, 4) is 5.75 Å². The summed E-state index contributed by atoms with van der Waals surface area (Å²) in [5.41, 5.74) is -0.0938. The molecule has 0 radical (unpaired) electrons. The van der Waals surface area contributed by atoms with Gasteiger partial charge in [0.05, 0.1) is 39.7 Å². The molecule has 0 unspecified atom stereocenters. The molecule has 3 aromatic rings. The SMILES string of the molecule is CC(C)Oc1ccc([N+](=O)[O-])cc1Cn1cnc2ccc([N+](=O)[O-])cc2c1=O. The summed E-state index contributed by atoms with van der Waals surface area (Å²) in [6.07, 6.45) is 1.13. The average Bonchev–Trinajstić information content (AvgIpc) is 2.64. The van der Waals surface area contributed by atoms with E-state index in [-0.39, 0.29) is 29.4 Å². The summed E-state index contributed by atoms with van der Waals surface area (Å²) in [6.45, 7) is 3.59. The largest absolute Gasteiger partial charge is 0.491 e. The molecule has 0 saturated carbocycles. The first-order valence-electron chi connectivity index (χ1n) is 8.34. The second kappa shape index (κ2) is 7.43. The van der Waals surface area contributed by atoms with E-state index in [1.807, 2.05) is 13.8 Å². The van der Waals surface area contributed by atoms with Crippen molar-refractivity contribution >= 4 is 22.3 Å². The predicted molar refractivity (Wildman–Crippen MR) is 101 cm³/mol. The molecule has 2 aromatic carbocycles. The van der Waals surface area contributed by atoms with Gasteiger partial charge in [-0.3, -0.25) is 29.6 Å². The van der Waals surface area contributed by atoms with E-state index in [4.69, 9.17) is 4.74 Å². The van der Waals surface area contributed by atoms with Crippen LogP contribution in [0.25, 0.3) is 10.9 Å². The molecule has 3 rings (SSSR count). The quantitative estimate of drug-likeness (QED) is 0.471. The summed E-state index contributed by atoms with van der Waals surface area (Å²) < 4.78 is 6.92. The van der Waals surface area contributed by atoms with E-state index >= 15 is 0 Å². The Bertz CT molecular complexity index is 1140. The fourth-order valence-electron chi connectivity index (χ4n) is 2.73. The molecule has 0 amide bonds. The Kier molecular flexibility index (Phi) is 5.03. The lowest BCUT2D eigenvalue weighted by atomic mass is 10.1. The lowest BCUT2D eigenvalue weighted by Gasteiger charge is -2.15. The summed E-state index contributed by atoms with van der Waals surface area (Å²) in [4.78, 5) is 37.9. The molecule has 0 aliphatic rings. The average molecular weight is 384 g/mol. The molecule has 0 N–H and O–H groups in total. The maximum atomic E-state index is 12.8. The number of nitrogens with zero attached hydrogens (tertiary/aromatic N) is 4. The first kappa shape index (κ1) is 19.0. The van der Waals surface area contributed by atoms with Crippen molar-refractivity contribution in [1.29, 1.82) is 0 Å². The van der Waals surface area contributed by atoms with Gasteiger partial charge in [0.25, 0.3) is 16.9 Å². The van der Waals surface area contributed by atoms with Crippen molar-refractivity contribution in [2.75, 3.05) is 0 Å². The highest BCUT2D eigenvalue weighted by molar-refractivity contribution is 5.79. The highest BCUT2D eigenvalue weighted by atomic mass is 16.6. The van der Waals surface area contributed by atoms with Gasteiger partial charge in [0, 0.05) is 29.8 Å². The van der Waals surface area contributed by atoms with Crippen LogP contribution in [0, 0.1) is 20.2 Å². The third-order valence-corrected chi connectivity index (χ3v) is 3.98. The van der Waals surface area contributed by atoms with E-state index in [0.717, 1.165) is 0 Å². The van der Waals surface area contributed by atoms with Crippen molar-refractivity contribution in [3.63, 3.8) is 0 Å². The van der Waals surface area contributed by atoms with Gasteiger partial charge in [0.1, 0.15) is 5.75 Å². The Morgan fingerprint density at radius 2 is 1.71 bits per heavy atom. The van der Waals surface area contributed by atoms with Gasteiger partial charge in [0.15, 0.2) is 0 Å². The first-order valence-corrected chi connectivity index (χ1v) is 8.34. The number of non-ortho nitro benzene ring substituents is 2. The zero-order valence-electron chi connectivity index (χ0n) is 15.1. The van der Waals surface area contributed by atoms with E-state index in [1.165, 1.54) is 47.3 Å². The molecule has 1 aromatic heterocycles. The molecule has 28 heavy (non-hydrogen) atoms. The Morgan fingerprint density at radius 3 is 2.36 bits per heavy atom. The van der Waals surface area contributed by atoms with Crippen molar-refractivity contribution in [2.24, 2.45) is 0 Å². The molecule has 144 valence electrons. The molecule has 10 heteroatoms. The fourth-order valence-corrected chi connectivity index (χ4v) is 2.73. The molecule has 0 atom stereocenters. The minimum atomic E-state index is -0.592. The monoisotopic (exact) mass is 384 g/mol.